The molecular weight excluding hydrogens is 352 g/mol. The van der Waals surface area contributed by atoms with Gasteiger partial charge in [-0.05, 0) is 39.3 Å². The number of piperidine rings is 1. The normalized spacial score (nSPS) is 18.5. The Balaban J connectivity index is 0.00000484. The van der Waals surface area contributed by atoms with Crippen LogP contribution in [0, 0.1) is 5.92 Å². The molecule has 23 heavy (non-hydrogen) atoms. The third-order valence-corrected chi connectivity index (χ3v) is 5.03. The minimum atomic E-state index is 0. The average molecular weight is 391 g/mol. The number of unbranched alkanes of at least 4 members (excludes halogenated alkanes) is 7. The lowest BCUT2D eigenvalue weighted by Gasteiger charge is -2.33. The van der Waals surface area contributed by atoms with E-state index in [1.165, 1.54) is 70.9 Å². The lowest BCUT2D eigenvalue weighted by Crippen LogP contribution is -2.43. The zero-order valence-corrected chi connectivity index (χ0v) is 17.4. The molecule has 1 rings (SSSR count). The predicted molar refractivity (Wildman–Crippen MR) is 105 cm³/mol. The van der Waals surface area contributed by atoms with Crippen LogP contribution in [0.2, 0.25) is 0 Å². The van der Waals surface area contributed by atoms with Crippen LogP contribution < -0.4 is 0 Å². The molecule has 0 aromatic rings. The molecule has 0 saturated carbocycles. The number of carbonyl (C=O) groups is 1. The fraction of sp³-hybridized carbons (Fsp3) is 0.947. The topological polar surface area (TPSA) is 23.6 Å². The molecule has 0 aliphatic carbocycles. The largest absolute Gasteiger partial charge is 0.346 e. The number of likely N-dealkylation sites (tertiary alicyclic amines) is 1. The first kappa shape index (κ1) is 22.9. The lowest BCUT2D eigenvalue weighted by atomic mass is 9.96. The third-order valence-electron chi connectivity index (χ3n) is 5.03. The fourth-order valence-electron chi connectivity index (χ4n) is 3.40. The van der Waals surface area contributed by atoms with Crippen LogP contribution in [0.15, 0.2) is 0 Å². The number of hydrogen-bond donors (Lipinski definition) is 0. The van der Waals surface area contributed by atoms with Crippen molar-refractivity contribution in [1.82, 2.24) is 9.80 Å². The van der Waals surface area contributed by atoms with Gasteiger partial charge in [0.2, 0.25) is 5.91 Å². The molecule has 0 bridgehead atoms. The lowest BCUT2D eigenvalue weighted by molar-refractivity contribution is -0.135. The monoisotopic (exact) mass is 390 g/mol. The summed E-state index contributed by atoms with van der Waals surface area (Å²) in [6.07, 6.45) is 13.3. The zero-order chi connectivity index (χ0) is 16.2. The Labute approximate surface area is 154 Å². The number of amides is 1. The van der Waals surface area contributed by atoms with Gasteiger partial charge in [0.05, 0.1) is 5.92 Å². The highest BCUT2D eigenvalue weighted by atomic mass is 79.9. The van der Waals surface area contributed by atoms with Crippen molar-refractivity contribution in [3.63, 3.8) is 0 Å². The van der Waals surface area contributed by atoms with Gasteiger partial charge in [0.15, 0.2) is 0 Å². The average Bonchev–Trinajstić information content (AvgIpc) is 2.56. The highest BCUT2D eigenvalue weighted by Crippen LogP contribution is 2.19. The first-order chi connectivity index (χ1) is 10.7. The maximum Gasteiger partial charge on any atom is 0.226 e. The van der Waals surface area contributed by atoms with Gasteiger partial charge in [-0.3, -0.25) is 4.79 Å². The second kappa shape index (κ2) is 14.3. The third kappa shape index (κ3) is 9.71. The Morgan fingerprint density at radius 1 is 1.04 bits per heavy atom. The molecule has 1 fully saturated rings. The Hall–Kier alpha value is -0.0900. The van der Waals surface area contributed by atoms with E-state index in [-0.39, 0.29) is 22.9 Å². The van der Waals surface area contributed by atoms with E-state index in [0.717, 1.165) is 19.5 Å². The number of halogens is 1. The Bertz CT molecular complexity index is 299. The van der Waals surface area contributed by atoms with E-state index in [4.69, 9.17) is 0 Å². The van der Waals surface area contributed by atoms with E-state index < -0.39 is 0 Å². The van der Waals surface area contributed by atoms with Crippen LogP contribution in [-0.2, 0) is 4.79 Å². The van der Waals surface area contributed by atoms with Gasteiger partial charge in [-0.2, -0.15) is 0 Å². The smallest absolute Gasteiger partial charge is 0.226 e. The van der Waals surface area contributed by atoms with Crippen LogP contribution in [0.4, 0.5) is 0 Å². The predicted octanol–water partition coefficient (Wildman–Crippen LogP) is 4.90. The molecule has 1 saturated heterocycles. The standard InChI is InChI=1S/C19H38N2O.BrH/c1-4-6-7-8-9-10-11-12-15-21-16-13-14-18(17-21)19(22)20(3)5-2;/h18H,4-17H2,1-3H3;1H. The van der Waals surface area contributed by atoms with Gasteiger partial charge in [-0.1, -0.05) is 51.9 Å². The fourth-order valence-corrected chi connectivity index (χ4v) is 3.40. The molecule has 1 aliphatic heterocycles. The van der Waals surface area contributed by atoms with Gasteiger partial charge in [0.1, 0.15) is 0 Å². The maximum absolute atomic E-state index is 12.3. The summed E-state index contributed by atoms with van der Waals surface area (Å²) in [5, 5.41) is 0. The highest BCUT2D eigenvalue weighted by Gasteiger charge is 2.26. The summed E-state index contributed by atoms with van der Waals surface area (Å²) in [6.45, 7) is 8.52. The Kier molecular flexibility index (Phi) is 14.2. The van der Waals surface area contributed by atoms with Gasteiger partial charge in [-0.15, -0.1) is 17.0 Å². The van der Waals surface area contributed by atoms with E-state index >= 15 is 0 Å². The second-order valence-electron chi connectivity index (χ2n) is 6.97. The van der Waals surface area contributed by atoms with Gasteiger partial charge in [0.25, 0.3) is 0 Å². The molecule has 0 aromatic heterocycles. The molecule has 4 heteroatoms. The van der Waals surface area contributed by atoms with Crippen LogP contribution in [0.25, 0.3) is 0 Å². The second-order valence-corrected chi connectivity index (χ2v) is 6.97. The molecule has 0 spiro atoms. The quantitative estimate of drug-likeness (QED) is 0.468. The van der Waals surface area contributed by atoms with Crippen LogP contribution in [0.1, 0.15) is 78.1 Å². The van der Waals surface area contributed by atoms with Crippen molar-refractivity contribution < 1.29 is 4.79 Å². The minimum Gasteiger partial charge on any atom is -0.346 e. The summed E-state index contributed by atoms with van der Waals surface area (Å²) in [7, 11) is 1.93. The molecule has 0 N–H and O–H groups in total. The van der Waals surface area contributed by atoms with Crippen molar-refractivity contribution in [3.05, 3.63) is 0 Å². The maximum atomic E-state index is 12.3. The molecule has 3 nitrogen and oxygen atoms in total. The van der Waals surface area contributed by atoms with Crippen LogP contribution >= 0.6 is 17.0 Å². The Morgan fingerprint density at radius 2 is 1.65 bits per heavy atom. The molecule has 1 atom stereocenters. The highest BCUT2D eigenvalue weighted by molar-refractivity contribution is 8.93. The first-order valence-electron chi connectivity index (χ1n) is 9.66. The van der Waals surface area contributed by atoms with Crippen LogP contribution in [0.3, 0.4) is 0 Å². The van der Waals surface area contributed by atoms with E-state index in [2.05, 4.69) is 18.7 Å². The molecule has 1 amide bonds. The SMILES string of the molecule is Br.CCCCCCCCCCN1CCCC(C(=O)N(C)CC)C1. The van der Waals surface area contributed by atoms with Crippen molar-refractivity contribution in [2.75, 3.05) is 33.2 Å². The number of rotatable bonds is 11. The summed E-state index contributed by atoms with van der Waals surface area (Å²) in [6, 6.07) is 0. The number of carbonyl (C=O) groups excluding carboxylic acids is 1. The van der Waals surface area contributed by atoms with Crippen molar-refractivity contribution in [2.24, 2.45) is 5.92 Å². The van der Waals surface area contributed by atoms with Gasteiger partial charge in [-0.25, -0.2) is 0 Å². The Morgan fingerprint density at radius 3 is 2.26 bits per heavy atom. The van der Waals surface area contributed by atoms with Gasteiger partial charge >= 0.3 is 0 Å². The van der Waals surface area contributed by atoms with Crippen molar-refractivity contribution >= 4 is 22.9 Å². The molecule has 1 aliphatic rings. The summed E-state index contributed by atoms with van der Waals surface area (Å²) >= 11 is 0. The molecule has 0 radical (unpaired) electrons. The summed E-state index contributed by atoms with van der Waals surface area (Å²) in [5.41, 5.74) is 0. The molecular formula is C19H39BrN2O. The van der Waals surface area contributed by atoms with Crippen molar-refractivity contribution in [1.29, 1.82) is 0 Å². The molecule has 0 aromatic carbocycles. The molecule has 138 valence electrons. The minimum absolute atomic E-state index is 0. The van der Waals surface area contributed by atoms with E-state index in [0.29, 0.717) is 5.91 Å². The van der Waals surface area contributed by atoms with Gasteiger partial charge in [0, 0.05) is 20.1 Å². The van der Waals surface area contributed by atoms with Gasteiger partial charge < -0.3 is 9.80 Å². The molecule has 1 unspecified atom stereocenters. The zero-order valence-electron chi connectivity index (χ0n) is 15.7. The van der Waals surface area contributed by atoms with E-state index in [9.17, 15) is 4.79 Å². The van der Waals surface area contributed by atoms with Crippen molar-refractivity contribution in [2.45, 2.75) is 78.1 Å². The first-order valence-corrected chi connectivity index (χ1v) is 9.66. The number of nitrogens with zero attached hydrogens (tertiary/aromatic N) is 2. The van der Waals surface area contributed by atoms with Crippen LogP contribution in [0.5, 0.6) is 0 Å². The van der Waals surface area contributed by atoms with E-state index in [1.54, 1.807) is 0 Å². The molecule has 1 heterocycles. The summed E-state index contributed by atoms with van der Waals surface area (Å²) in [5.74, 6) is 0.593. The van der Waals surface area contributed by atoms with Crippen molar-refractivity contribution in [3.8, 4) is 0 Å². The van der Waals surface area contributed by atoms with E-state index in [1.807, 2.05) is 11.9 Å². The summed E-state index contributed by atoms with van der Waals surface area (Å²) in [4.78, 5) is 16.7. The summed E-state index contributed by atoms with van der Waals surface area (Å²) < 4.78 is 0. The van der Waals surface area contributed by atoms with Crippen LogP contribution in [-0.4, -0.2) is 48.9 Å². The number of hydrogen-bond acceptors (Lipinski definition) is 2.